The predicted octanol–water partition coefficient (Wildman–Crippen LogP) is 18.1. The number of rotatable bonds is 63. The number of aliphatic hydroxyl groups excluding tert-OH is 1. The van der Waals surface area contributed by atoms with Crippen molar-refractivity contribution in [1.82, 2.24) is 0 Å². The molecule has 0 heterocycles. The van der Waals surface area contributed by atoms with Gasteiger partial charge < -0.3 is 33.8 Å². The van der Waals surface area contributed by atoms with Gasteiger partial charge in [0.15, 0.2) is 12.2 Å². The minimum Gasteiger partial charge on any atom is -0.462 e. The summed E-state index contributed by atoms with van der Waals surface area (Å²) in [4.78, 5) is 72.2. The Bertz CT molecular complexity index is 1700. The van der Waals surface area contributed by atoms with Crippen LogP contribution in [0.5, 0.6) is 0 Å². The molecule has 0 aliphatic heterocycles. The molecule has 0 saturated heterocycles. The Labute approximate surface area is 517 Å². The molecule has 0 bridgehead atoms. The number of hydrogen-bond donors (Lipinski definition) is 3. The SMILES string of the molecule is CCC(C)CCCCCCCCC(=O)O[C@H](COC(=O)CCCCCCCCCCCCCCCC(C)C)COP(=O)(O)OC[C@@H](O)COP(=O)(O)OC[C@@H](COC(=O)CCCCCCCCC(C)C)OC(=O)CCCCCCCCCC(C)C. The van der Waals surface area contributed by atoms with E-state index in [1.54, 1.807) is 0 Å². The van der Waals surface area contributed by atoms with Gasteiger partial charge >= 0.3 is 39.5 Å². The molecular formula is C66H128O17P2. The second kappa shape index (κ2) is 56.1. The van der Waals surface area contributed by atoms with Gasteiger partial charge in [0.05, 0.1) is 26.4 Å². The van der Waals surface area contributed by atoms with E-state index in [1.807, 2.05) is 0 Å². The fraction of sp³-hybridized carbons (Fsp3) is 0.939. The fourth-order valence-electron chi connectivity index (χ4n) is 9.75. The third-order valence-electron chi connectivity index (χ3n) is 15.4. The van der Waals surface area contributed by atoms with Crippen molar-refractivity contribution in [2.75, 3.05) is 39.6 Å². The molecule has 85 heavy (non-hydrogen) atoms. The maximum absolute atomic E-state index is 13.0. The van der Waals surface area contributed by atoms with Crippen LogP contribution in [-0.4, -0.2) is 96.7 Å². The summed E-state index contributed by atoms with van der Waals surface area (Å²) >= 11 is 0. The summed E-state index contributed by atoms with van der Waals surface area (Å²) in [5, 5.41) is 10.5. The number of carbonyl (C=O) groups is 4. The van der Waals surface area contributed by atoms with Gasteiger partial charge in [0, 0.05) is 25.7 Å². The molecule has 0 aliphatic rings. The lowest BCUT2D eigenvalue weighted by atomic mass is 10.00. The average Bonchev–Trinajstić information content (AvgIpc) is 3.54. The van der Waals surface area contributed by atoms with Crippen molar-refractivity contribution in [3.8, 4) is 0 Å². The lowest BCUT2D eigenvalue weighted by Crippen LogP contribution is -2.30. The van der Waals surface area contributed by atoms with Crippen LogP contribution in [-0.2, 0) is 65.4 Å². The van der Waals surface area contributed by atoms with E-state index in [9.17, 15) is 43.2 Å². The Morgan fingerprint density at radius 3 is 0.835 bits per heavy atom. The highest BCUT2D eigenvalue weighted by Gasteiger charge is 2.30. The highest BCUT2D eigenvalue weighted by Crippen LogP contribution is 2.45. The smallest absolute Gasteiger partial charge is 0.462 e. The minimum atomic E-state index is -4.95. The van der Waals surface area contributed by atoms with E-state index in [2.05, 4.69) is 55.4 Å². The van der Waals surface area contributed by atoms with Crippen molar-refractivity contribution in [1.29, 1.82) is 0 Å². The second-order valence-corrected chi connectivity index (χ2v) is 28.4. The van der Waals surface area contributed by atoms with E-state index >= 15 is 0 Å². The number of esters is 4. The molecule has 0 fully saturated rings. The summed E-state index contributed by atoms with van der Waals surface area (Å²) in [5.41, 5.74) is 0. The zero-order valence-electron chi connectivity index (χ0n) is 55.2. The quantitative estimate of drug-likeness (QED) is 0.0222. The molecule has 3 N–H and O–H groups in total. The maximum Gasteiger partial charge on any atom is 0.472 e. The van der Waals surface area contributed by atoms with Gasteiger partial charge in [0.1, 0.15) is 19.3 Å². The molecule has 0 aromatic carbocycles. The highest BCUT2D eigenvalue weighted by molar-refractivity contribution is 7.47. The van der Waals surface area contributed by atoms with Crippen LogP contribution in [0, 0.1) is 23.7 Å². The van der Waals surface area contributed by atoms with Gasteiger partial charge in [-0.25, -0.2) is 9.13 Å². The Morgan fingerprint density at radius 1 is 0.329 bits per heavy atom. The molecule has 0 aromatic heterocycles. The first-order chi connectivity index (χ1) is 40.6. The summed E-state index contributed by atoms with van der Waals surface area (Å²) in [5.74, 6) is 0.745. The lowest BCUT2D eigenvalue weighted by molar-refractivity contribution is -0.161. The first-order valence-electron chi connectivity index (χ1n) is 34.2. The molecule has 0 aromatic rings. The number of ether oxygens (including phenoxy) is 4. The van der Waals surface area contributed by atoms with Gasteiger partial charge in [-0.15, -0.1) is 0 Å². The summed E-state index contributed by atoms with van der Waals surface area (Å²) in [6, 6.07) is 0. The largest absolute Gasteiger partial charge is 0.472 e. The Hall–Kier alpha value is -1.94. The van der Waals surface area contributed by atoms with Crippen LogP contribution < -0.4 is 0 Å². The van der Waals surface area contributed by atoms with Crippen molar-refractivity contribution >= 4 is 39.5 Å². The zero-order chi connectivity index (χ0) is 63.2. The van der Waals surface area contributed by atoms with E-state index in [4.69, 9.17) is 37.0 Å². The van der Waals surface area contributed by atoms with Crippen LogP contribution in [0.1, 0.15) is 319 Å². The van der Waals surface area contributed by atoms with E-state index in [0.717, 1.165) is 108 Å². The standard InChI is InChI=1S/C66H128O17P2/c1-9-59(8)45-37-29-23-25-33-41-49-66(71)83-62(52-76-63(68)46-38-30-20-16-14-12-10-11-13-15-18-26-34-42-56(2)3)55-81-85(74,75)79-51-60(67)50-78-84(72,73)80-54-61(53-77-64(69)47-39-31-24-22-28-36-44-58(6)7)82-65(70)48-40-32-21-17-19-27-35-43-57(4)5/h56-62,67H,9-55H2,1-8H3,(H,72,73)(H,74,75)/t59?,60-,61+,62+/m0/s1. The third-order valence-corrected chi connectivity index (χ3v) is 17.3. The third kappa shape index (κ3) is 59.5. The highest BCUT2D eigenvalue weighted by atomic mass is 31.2. The monoisotopic (exact) mass is 1250 g/mol. The molecule has 504 valence electrons. The zero-order valence-corrected chi connectivity index (χ0v) is 57.0. The molecule has 0 saturated carbocycles. The molecule has 6 atom stereocenters. The number of phosphoric acid groups is 2. The van der Waals surface area contributed by atoms with E-state index in [-0.39, 0.29) is 25.7 Å². The molecule has 17 nitrogen and oxygen atoms in total. The van der Waals surface area contributed by atoms with Gasteiger partial charge in [-0.05, 0) is 49.4 Å². The number of hydrogen-bond acceptors (Lipinski definition) is 15. The molecule has 0 radical (unpaired) electrons. The van der Waals surface area contributed by atoms with Gasteiger partial charge in [0.25, 0.3) is 0 Å². The first kappa shape index (κ1) is 83.1. The van der Waals surface area contributed by atoms with Gasteiger partial charge in [-0.2, -0.15) is 0 Å². The first-order valence-corrected chi connectivity index (χ1v) is 37.2. The fourth-order valence-corrected chi connectivity index (χ4v) is 11.3. The number of phosphoric ester groups is 2. The molecule has 0 aliphatic carbocycles. The maximum atomic E-state index is 13.0. The Kier molecular flexibility index (Phi) is 54.8. The van der Waals surface area contributed by atoms with Crippen LogP contribution in [0.4, 0.5) is 0 Å². The van der Waals surface area contributed by atoms with Crippen molar-refractivity contribution in [2.24, 2.45) is 23.7 Å². The Morgan fingerprint density at radius 2 is 0.565 bits per heavy atom. The molecule has 3 unspecified atom stereocenters. The van der Waals surface area contributed by atoms with Crippen LogP contribution in [0.3, 0.4) is 0 Å². The molecule has 0 amide bonds. The van der Waals surface area contributed by atoms with Gasteiger partial charge in [-0.3, -0.25) is 37.3 Å². The molecule has 0 spiro atoms. The van der Waals surface area contributed by atoms with Crippen molar-refractivity contribution < 1.29 is 80.2 Å². The number of aliphatic hydroxyl groups is 1. The molecule has 0 rings (SSSR count). The van der Waals surface area contributed by atoms with Crippen molar-refractivity contribution in [2.45, 2.75) is 337 Å². The summed E-state index contributed by atoms with van der Waals surface area (Å²) in [6.07, 6.45) is 36.5. The summed E-state index contributed by atoms with van der Waals surface area (Å²) < 4.78 is 68.0. The molecule has 19 heteroatoms. The van der Waals surface area contributed by atoms with Crippen LogP contribution >= 0.6 is 15.6 Å². The van der Waals surface area contributed by atoms with Crippen LogP contribution in [0.25, 0.3) is 0 Å². The average molecular weight is 1260 g/mol. The van der Waals surface area contributed by atoms with E-state index < -0.39 is 97.5 Å². The van der Waals surface area contributed by atoms with Crippen molar-refractivity contribution in [3.63, 3.8) is 0 Å². The predicted molar refractivity (Wildman–Crippen MR) is 340 cm³/mol. The lowest BCUT2D eigenvalue weighted by Gasteiger charge is -2.21. The van der Waals surface area contributed by atoms with E-state index in [0.29, 0.717) is 37.5 Å². The van der Waals surface area contributed by atoms with E-state index in [1.165, 1.54) is 116 Å². The second-order valence-electron chi connectivity index (χ2n) is 25.5. The summed E-state index contributed by atoms with van der Waals surface area (Å²) in [6.45, 7) is 13.9. The van der Waals surface area contributed by atoms with Crippen molar-refractivity contribution in [3.05, 3.63) is 0 Å². The van der Waals surface area contributed by atoms with Crippen LogP contribution in [0.15, 0.2) is 0 Å². The normalized spacial score (nSPS) is 14.7. The topological polar surface area (TPSA) is 237 Å². The number of unbranched alkanes of at least 4 members (excludes halogenated alkanes) is 28. The minimum absolute atomic E-state index is 0.102. The molecular weight excluding hydrogens is 1130 g/mol. The number of carbonyl (C=O) groups excluding carboxylic acids is 4. The Balaban J connectivity index is 5.21. The van der Waals surface area contributed by atoms with Gasteiger partial charge in [0.2, 0.25) is 0 Å². The van der Waals surface area contributed by atoms with Crippen LogP contribution in [0.2, 0.25) is 0 Å². The summed E-state index contributed by atoms with van der Waals surface area (Å²) in [7, 11) is -9.89. The van der Waals surface area contributed by atoms with Gasteiger partial charge in [-0.1, -0.05) is 267 Å².